The highest BCUT2D eigenvalue weighted by Crippen LogP contribution is 2.14. The highest BCUT2D eigenvalue weighted by Gasteiger charge is 2.08. The van der Waals surface area contributed by atoms with Crippen molar-refractivity contribution in [2.45, 2.75) is 6.42 Å². The highest BCUT2D eigenvalue weighted by molar-refractivity contribution is 6.04. The maximum Gasteiger partial charge on any atom is 0.255 e. The molecule has 0 fully saturated rings. The lowest BCUT2D eigenvalue weighted by molar-refractivity contribution is 0.102. The van der Waals surface area contributed by atoms with Gasteiger partial charge in [-0.25, -0.2) is 4.39 Å². The minimum absolute atomic E-state index is 0.156. The molecule has 0 heterocycles. The lowest BCUT2D eigenvalue weighted by atomic mass is 10.1. The predicted octanol–water partition coefficient (Wildman–Crippen LogP) is 2.73. The molecular formula is C15H12FN3O. The monoisotopic (exact) mass is 269 g/mol. The van der Waals surface area contributed by atoms with Gasteiger partial charge >= 0.3 is 0 Å². The van der Waals surface area contributed by atoms with Gasteiger partial charge < -0.3 is 11.1 Å². The number of carbonyl (C=O) groups excluding carboxylic acids is 1. The smallest absolute Gasteiger partial charge is 0.255 e. The molecule has 1 amide bonds. The molecule has 0 saturated heterocycles. The molecule has 0 unspecified atom stereocenters. The van der Waals surface area contributed by atoms with Crippen LogP contribution in [0.5, 0.6) is 0 Å². The summed E-state index contributed by atoms with van der Waals surface area (Å²) in [6.45, 7) is 0. The fourth-order valence-electron chi connectivity index (χ4n) is 1.74. The number of nitrogens with zero attached hydrogens (tertiary/aromatic N) is 1. The number of carbonyl (C=O) groups is 1. The first-order valence-electron chi connectivity index (χ1n) is 5.92. The van der Waals surface area contributed by atoms with Gasteiger partial charge in [0.15, 0.2) is 0 Å². The van der Waals surface area contributed by atoms with Crippen LogP contribution in [0.3, 0.4) is 0 Å². The Labute approximate surface area is 115 Å². The molecule has 0 aromatic heterocycles. The van der Waals surface area contributed by atoms with E-state index in [1.807, 2.05) is 6.07 Å². The second-order valence-electron chi connectivity index (χ2n) is 4.26. The molecule has 0 aliphatic rings. The average Bonchev–Trinajstić information content (AvgIpc) is 2.40. The van der Waals surface area contributed by atoms with E-state index in [1.165, 1.54) is 6.07 Å². The molecular weight excluding hydrogens is 257 g/mol. The molecule has 100 valence electrons. The fraction of sp³-hybridized carbons (Fsp3) is 0.0667. The normalized spacial score (nSPS) is 9.80. The summed E-state index contributed by atoms with van der Waals surface area (Å²) in [5.74, 6) is -0.997. The van der Waals surface area contributed by atoms with Gasteiger partial charge in [0.1, 0.15) is 5.82 Å². The number of rotatable bonds is 3. The number of nitrogens with one attached hydrogen (secondary N) is 1. The number of hydrogen-bond acceptors (Lipinski definition) is 3. The van der Waals surface area contributed by atoms with E-state index in [0.717, 1.165) is 17.7 Å². The number of amides is 1. The van der Waals surface area contributed by atoms with E-state index in [9.17, 15) is 9.18 Å². The number of nitrogens with two attached hydrogens (primary N) is 1. The van der Waals surface area contributed by atoms with E-state index in [1.54, 1.807) is 24.3 Å². The van der Waals surface area contributed by atoms with Crippen LogP contribution in [0.2, 0.25) is 0 Å². The third kappa shape index (κ3) is 3.33. The van der Waals surface area contributed by atoms with Crippen LogP contribution >= 0.6 is 0 Å². The summed E-state index contributed by atoms with van der Waals surface area (Å²) < 4.78 is 13.2. The molecule has 20 heavy (non-hydrogen) atoms. The molecule has 2 aromatic rings. The zero-order chi connectivity index (χ0) is 14.5. The van der Waals surface area contributed by atoms with Crippen LogP contribution in [0.1, 0.15) is 15.9 Å². The Morgan fingerprint density at radius 1 is 1.25 bits per heavy atom. The second kappa shape index (κ2) is 5.85. The Bertz CT molecular complexity index is 654. The number of anilines is 2. The molecule has 4 nitrogen and oxygen atoms in total. The standard InChI is InChI=1S/C15H12FN3O/c16-12-7-11(8-13(18)9-12)15(20)19-14-3-1-10(2-4-14)5-6-17/h1-4,7-9H,5,18H2,(H,19,20). The molecule has 0 spiro atoms. The van der Waals surface area contributed by atoms with Gasteiger partial charge in [0.05, 0.1) is 12.5 Å². The first-order chi connectivity index (χ1) is 9.58. The zero-order valence-electron chi connectivity index (χ0n) is 10.6. The summed E-state index contributed by atoms with van der Waals surface area (Å²) in [4.78, 5) is 11.9. The first kappa shape index (κ1) is 13.6. The Morgan fingerprint density at radius 2 is 1.95 bits per heavy atom. The number of nitriles is 1. The molecule has 0 radical (unpaired) electrons. The van der Waals surface area contributed by atoms with Gasteiger partial charge in [0.2, 0.25) is 0 Å². The first-order valence-corrected chi connectivity index (χ1v) is 5.92. The topological polar surface area (TPSA) is 78.9 Å². The lowest BCUT2D eigenvalue weighted by Gasteiger charge is -2.06. The minimum atomic E-state index is -0.556. The van der Waals surface area contributed by atoms with Crippen molar-refractivity contribution in [3.8, 4) is 6.07 Å². The van der Waals surface area contributed by atoms with Crippen molar-refractivity contribution in [1.29, 1.82) is 5.26 Å². The Hall–Kier alpha value is -2.87. The van der Waals surface area contributed by atoms with Crippen LogP contribution in [0.25, 0.3) is 0 Å². The average molecular weight is 269 g/mol. The molecule has 0 aliphatic heterocycles. The van der Waals surface area contributed by atoms with E-state index in [-0.39, 0.29) is 11.3 Å². The van der Waals surface area contributed by atoms with Gasteiger partial charge in [-0.1, -0.05) is 12.1 Å². The van der Waals surface area contributed by atoms with Crippen LogP contribution in [0.15, 0.2) is 42.5 Å². The van der Waals surface area contributed by atoms with Gasteiger partial charge in [0, 0.05) is 16.9 Å². The van der Waals surface area contributed by atoms with Crippen molar-refractivity contribution in [2.24, 2.45) is 0 Å². The minimum Gasteiger partial charge on any atom is -0.399 e. The largest absolute Gasteiger partial charge is 0.399 e. The van der Waals surface area contributed by atoms with Crippen molar-refractivity contribution in [2.75, 3.05) is 11.1 Å². The molecule has 0 bridgehead atoms. The summed E-state index contributed by atoms with van der Waals surface area (Å²) in [5, 5.41) is 11.2. The van der Waals surface area contributed by atoms with Crippen LogP contribution < -0.4 is 11.1 Å². The molecule has 0 saturated carbocycles. The molecule has 0 aliphatic carbocycles. The fourth-order valence-corrected chi connectivity index (χ4v) is 1.74. The zero-order valence-corrected chi connectivity index (χ0v) is 10.6. The predicted molar refractivity (Wildman–Crippen MR) is 74.5 cm³/mol. The van der Waals surface area contributed by atoms with Gasteiger partial charge in [-0.15, -0.1) is 0 Å². The van der Waals surface area contributed by atoms with Crippen LogP contribution in [-0.2, 0) is 6.42 Å². The number of nitrogen functional groups attached to an aromatic ring is 1. The summed E-state index contributed by atoms with van der Waals surface area (Å²) >= 11 is 0. The molecule has 2 aromatic carbocycles. The van der Waals surface area contributed by atoms with Gasteiger partial charge in [-0.05, 0) is 35.9 Å². The summed E-state index contributed by atoms with van der Waals surface area (Å²) in [5.41, 5.74) is 7.27. The van der Waals surface area contributed by atoms with Gasteiger partial charge in [0.25, 0.3) is 5.91 Å². The summed E-state index contributed by atoms with van der Waals surface area (Å²) in [7, 11) is 0. The van der Waals surface area contributed by atoms with Crippen molar-refractivity contribution < 1.29 is 9.18 Å². The van der Waals surface area contributed by atoms with E-state index in [0.29, 0.717) is 12.1 Å². The van der Waals surface area contributed by atoms with Crippen LogP contribution in [0.4, 0.5) is 15.8 Å². The van der Waals surface area contributed by atoms with Crippen LogP contribution in [0, 0.1) is 17.1 Å². The quantitative estimate of drug-likeness (QED) is 0.841. The van der Waals surface area contributed by atoms with E-state index < -0.39 is 11.7 Å². The highest BCUT2D eigenvalue weighted by atomic mass is 19.1. The second-order valence-corrected chi connectivity index (χ2v) is 4.26. The SMILES string of the molecule is N#CCc1ccc(NC(=O)c2cc(N)cc(F)c2)cc1. The number of benzene rings is 2. The molecule has 5 heteroatoms. The third-order valence-electron chi connectivity index (χ3n) is 2.68. The van der Waals surface area contributed by atoms with Crippen LogP contribution in [-0.4, -0.2) is 5.91 Å². The van der Waals surface area contributed by atoms with E-state index in [2.05, 4.69) is 5.32 Å². The summed E-state index contributed by atoms with van der Waals surface area (Å²) in [6, 6.07) is 12.6. The number of halogens is 1. The van der Waals surface area contributed by atoms with E-state index in [4.69, 9.17) is 11.0 Å². The van der Waals surface area contributed by atoms with Crippen molar-refractivity contribution in [3.05, 3.63) is 59.4 Å². The van der Waals surface area contributed by atoms with Crippen molar-refractivity contribution >= 4 is 17.3 Å². The molecule has 2 rings (SSSR count). The maximum atomic E-state index is 13.2. The molecule has 0 atom stereocenters. The lowest BCUT2D eigenvalue weighted by Crippen LogP contribution is -2.12. The van der Waals surface area contributed by atoms with Crippen molar-refractivity contribution in [3.63, 3.8) is 0 Å². The Balaban J connectivity index is 2.13. The maximum absolute atomic E-state index is 13.2. The van der Waals surface area contributed by atoms with Gasteiger partial charge in [-0.3, -0.25) is 4.79 Å². The number of hydrogen-bond donors (Lipinski definition) is 2. The third-order valence-corrected chi connectivity index (χ3v) is 2.68. The molecule has 3 N–H and O–H groups in total. The van der Waals surface area contributed by atoms with Crippen molar-refractivity contribution in [1.82, 2.24) is 0 Å². The van der Waals surface area contributed by atoms with Gasteiger partial charge in [-0.2, -0.15) is 5.26 Å². The Kier molecular flexibility index (Phi) is 3.96. The Morgan fingerprint density at radius 3 is 2.55 bits per heavy atom. The van der Waals surface area contributed by atoms with E-state index >= 15 is 0 Å². The summed E-state index contributed by atoms with van der Waals surface area (Å²) in [6.07, 6.45) is 0.314.